The molecular weight excluding hydrogens is 182 g/mol. The van der Waals surface area contributed by atoms with Crippen LogP contribution in [0.3, 0.4) is 0 Å². The van der Waals surface area contributed by atoms with E-state index < -0.39 is 27.1 Å². The fraction of sp³-hybridized carbons (Fsp3) is 0.833. The van der Waals surface area contributed by atoms with Gasteiger partial charge in [0.1, 0.15) is 0 Å². The Hall–Kier alpha value is -0.460. The lowest BCUT2D eigenvalue weighted by atomic mass is 10.1. The molecule has 0 radical (unpaired) electrons. The molecule has 12 heavy (non-hydrogen) atoms. The molecule has 0 aliphatic rings. The highest BCUT2D eigenvalue weighted by Gasteiger charge is 2.30. The number of carbonyl (C=O) groups excluding carboxylic acids is 1. The van der Waals surface area contributed by atoms with Gasteiger partial charge in [0.05, 0.1) is 0 Å². The van der Waals surface area contributed by atoms with Crippen LogP contribution >= 0.6 is 0 Å². The molecule has 0 aliphatic carbocycles. The second-order valence-electron chi connectivity index (χ2n) is 2.80. The van der Waals surface area contributed by atoms with E-state index in [1.54, 1.807) is 13.8 Å². The smallest absolute Gasteiger partial charge is 0.276 e. The largest absolute Gasteiger partial charge is 0.329 e. The van der Waals surface area contributed by atoms with Crippen LogP contribution in [-0.2, 0) is 14.9 Å². The Morgan fingerprint density at radius 1 is 1.50 bits per heavy atom. The van der Waals surface area contributed by atoms with Crippen LogP contribution in [0.15, 0.2) is 0 Å². The van der Waals surface area contributed by atoms with E-state index in [0.717, 1.165) is 0 Å². The van der Waals surface area contributed by atoms with Crippen molar-refractivity contribution in [2.45, 2.75) is 19.1 Å². The standard InChI is InChI=1S/C6H13NO4S/c1-4(2)6(8)5(3-7)12(9,10)11/h4-5H,3,7H2,1-2H3,(H,9,10,11). The lowest BCUT2D eigenvalue weighted by molar-refractivity contribution is -0.121. The van der Waals surface area contributed by atoms with Crippen molar-refractivity contribution >= 4 is 15.9 Å². The molecule has 0 aromatic heterocycles. The first kappa shape index (κ1) is 11.5. The predicted octanol–water partition coefficient (Wildman–Crippen LogP) is -0.573. The summed E-state index contributed by atoms with van der Waals surface area (Å²) in [6, 6.07) is 0. The maximum atomic E-state index is 11.1. The molecule has 0 saturated heterocycles. The molecule has 0 spiro atoms. The van der Waals surface area contributed by atoms with Crippen molar-refractivity contribution in [2.75, 3.05) is 6.54 Å². The average molecular weight is 195 g/mol. The van der Waals surface area contributed by atoms with Crippen LogP contribution in [0.5, 0.6) is 0 Å². The third-order valence-corrected chi connectivity index (χ3v) is 2.60. The quantitative estimate of drug-likeness (QED) is 0.585. The third-order valence-electron chi connectivity index (χ3n) is 1.46. The fourth-order valence-electron chi connectivity index (χ4n) is 0.756. The van der Waals surface area contributed by atoms with Gasteiger partial charge in [0.15, 0.2) is 11.0 Å². The van der Waals surface area contributed by atoms with E-state index in [1.165, 1.54) is 0 Å². The normalized spacial score (nSPS) is 14.8. The summed E-state index contributed by atoms with van der Waals surface area (Å²) < 4.78 is 29.7. The molecule has 3 N–H and O–H groups in total. The van der Waals surface area contributed by atoms with E-state index in [0.29, 0.717) is 0 Å². The number of hydrogen-bond donors (Lipinski definition) is 2. The van der Waals surface area contributed by atoms with Crippen molar-refractivity contribution in [1.82, 2.24) is 0 Å². The van der Waals surface area contributed by atoms with E-state index in [1.807, 2.05) is 0 Å². The molecule has 0 bridgehead atoms. The van der Waals surface area contributed by atoms with Crippen LogP contribution in [0.1, 0.15) is 13.8 Å². The predicted molar refractivity (Wildman–Crippen MR) is 44.2 cm³/mol. The topological polar surface area (TPSA) is 97.5 Å². The van der Waals surface area contributed by atoms with Gasteiger partial charge >= 0.3 is 0 Å². The number of Topliss-reactive ketones (excluding diaryl/α,β-unsaturated/α-hetero) is 1. The molecule has 0 aromatic carbocycles. The van der Waals surface area contributed by atoms with Gasteiger partial charge in [0, 0.05) is 12.5 Å². The van der Waals surface area contributed by atoms with Gasteiger partial charge in [-0.05, 0) is 0 Å². The molecule has 6 heteroatoms. The molecule has 72 valence electrons. The zero-order chi connectivity index (χ0) is 9.94. The molecule has 1 atom stereocenters. The maximum absolute atomic E-state index is 11.1. The number of nitrogens with two attached hydrogens (primary N) is 1. The molecule has 0 aliphatic heterocycles. The number of ketones is 1. The average Bonchev–Trinajstić information content (AvgIpc) is 1.85. The van der Waals surface area contributed by atoms with Gasteiger partial charge in [0.25, 0.3) is 10.1 Å². The Morgan fingerprint density at radius 2 is 1.92 bits per heavy atom. The molecule has 1 unspecified atom stereocenters. The lowest BCUT2D eigenvalue weighted by Crippen LogP contribution is -2.39. The molecule has 0 amide bonds. The Kier molecular flexibility index (Phi) is 3.82. The van der Waals surface area contributed by atoms with E-state index in [4.69, 9.17) is 10.3 Å². The van der Waals surface area contributed by atoms with Crippen LogP contribution in [0.25, 0.3) is 0 Å². The van der Waals surface area contributed by atoms with Crippen molar-refractivity contribution in [3.05, 3.63) is 0 Å². The van der Waals surface area contributed by atoms with Gasteiger partial charge in [0.2, 0.25) is 0 Å². The molecule has 0 saturated carbocycles. The monoisotopic (exact) mass is 195 g/mol. The van der Waals surface area contributed by atoms with Crippen LogP contribution in [0.2, 0.25) is 0 Å². The minimum absolute atomic E-state index is 0.379. The summed E-state index contributed by atoms with van der Waals surface area (Å²) >= 11 is 0. The first-order valence-electron chi connectivity index (χ1n) is 3.50. The second-order valence-corrected chi connectivity index (χ2v) is 4.40. The summed E-state index contributed by atoms with van der Waals surface area (Å²) in [5, 5.41) is -1.47. The summed E-state index contributed by atoms with van der Waals surface area (Å²) in [6.45, 7) is 2.72. The van der Waals surface area contributed by atoms with Gasteiger partial charge in [-0.15, -0.1) is 0 Å². The van der Waals surface area contributed by atoms with Crippen molar-refractivity contribution in [2.24, 2.45) is 11.7 Å². The number of hydrogen-bond acceptors (Lipinski definition) is 4. The maximum Gasteiger partial charge on any atom is 0.276 e. The molecule has 0 rings (SSSR count). The van der Waals surface area contributed by atoms with Crippen molar-refractivity contribution in [1.29, 1.82) is 0 Å². The minimum Gasteiger partial charge on any atom is -0.329 e. The Labute approximate surface area is 71.7 Å². The first-order valence-corrected chi connectivity index (χ1v) is 5.01. The van der Waals surface area contributed by atoms with E-state index in [2.05, 4.69) is 0 Å². The number of rotatable bonds is 4. The summed E-state index contributed by atoms with van der Waals surface area (Å²) in [7, 11) is -4.33. The zero-order valence-corrected chi connectivity index (χ0v) is 7.84. The Bertz CT molecular complexity index is 257. The van der Waals surface area contributed by atoms with Gasteiger partial charge in [-0.2, -0.15) is 8.42 Å². The summed E-state index contributed by atoms with van der Waals surface area (Å²) in [5.41, 5.74) is 5.04. The van der Waals surface area contributed by atoms with Gasteiger partial charge in [-0.1, -0.05) is 13.8 Å². The van der Waals surface area contributed by atoms with Gasteiger partial charge < -0.3 is 5.73 Å². The molecule has 5 nitrogen and oxygen atoms in total. The molecular formula is C6H13NO4S. The van der Waals surface area contributed by atoms with E-state index in [9.17, 15) is 13.2 Å². The van der Waals surface area contributed by atoms with Crippen molar-refractivity contribution in [3.8, 4) is 0 Å². The fourth-order valence-corrected chi connectivity index (χ4v) is 1.57. The minimum atomic E-state index is -4.33. The Morgan fingerprint density at radius 3 is 2.00 bits per heavy atom. The summed E-state index contributed by atoms with van der Waals surface area (Å²) in [6.07, 6.45) is 0. The van der Waals surface area contributed by atoms with E-state index in [-0.39, 0.29) is 6.54 Å². The SMILES string of the molecule is CC(C)C(=O)C(CN)S(=O)(=O)O. The highest BCUT2D eigenvalue weighted by atomic mass is 32.2. The third kappa shape index (κ3) is 2.88. The van der Waals surface area contributed by atoms with E-state index >= 15 is 0 Å². The highest BCUT2D eigenvalue weighted by molar-refractivity contribution is 7.87. The highest BCUT2D eigenvalue weighted by Crippen LogP contribution is 2.06. The second kappa shape index (κ2) is 3.97. The lowest BCUT2D eigenvalue weighted by Gasteiger charge is -2.11. The van der Waals surface area contributed by atoms with Crippen LogP contribution in [-0.4, -0.2) is 30.5 Å². The van der Waals surface area contributed by atoms with Crippen LogP contribution in [0, 0.1) is 5.92 Å². The molecule has 0 heterocycles. The first-order chi connectivity index (χ1) is 5.30. The summed E-state index contributed by atoms with van der Waals surface area (Å²) in [4.78, 5) is 11.1. The van der Waals surface area contributed by atoms with Crippen LogP contribution < -0.4 is 5.73 Å². The van der Waals surface area contributed by atoms with Gasteiger partial charge in [-0.3, -0.25) is 9.35 Å². The Balaban J connectivity index is 4.71. The van der Waals surface area contributed by atoms with Crippen molar-refractivity contribution in [3.63, 3.8) is 0 Å². The number of carbonyl (C=O) groups is 1. The molecule has 0 aromatic rings. The van der Waals surface area contributed by atoms with Crippen LogP contribution in [0.4, 0.5) is 0 Å². The zero-order valence-electron chi connectivity index (χ0n) is 7.02. The molecule has 0 fully saturated rings. The van der Waals surface area contributed by atoms with Crippen molar-refractivity contribution < 1.29 is 17.8 Å². The summed E-state index contributed by atoms with van der Waals surface area (Å²) in [5.74, 6) is -1.000. The van der Waals surface area contributed by atoms with Gasteiger partial charge in [-0.25, -0.2) is 0 Å².